The van der Waals surface area contributed by atoms with Crippen molar-refractivity contribution in [3.63, 3.8) is 0 Å². The summed E-state index contributed by atoms with van der Waals surface area (Å²) in [5, 5.41) is 0.417. The molecule has 1 aromatic carbocycles. The van der Waals surface area contributed by atoms with Crippen molar-refractivity contribution in [2.75, 3.05) is 13.1 Å². The summed E-state index contributed by atoms with van der Waals surface area (Å²) in [7, 11) is -7.04. The van der Waals surface area contributed by atoms with Gasteiger partial charge in [0.05, 0.1) is 11.5 Å². The second-order valence-electron chi connectivity index (χ2n) is 5.58. The van der Waals surface area contributed by atoms with Crippen molar-refractivity contribution in [1.82, 2.24) is 4.31 Å². The molecule has 8 heteroatoms. The van der Waals surface area contributed by atoms with Crippen molar-refractivity contribution in [2.45, 2.75) is 11.0 Å². The molecule has 2 aromatic rings. The number of sulfonamides is 1. The zero-order valence-corrected chi connectivity index (χ0v) is 14.4. The van der Waals surface area contributed by atoms with Crippen LogP contribution in [-0.4, -0.2) is 39.5 Å². The summed E-state index contributed by atoms with van der Waals surface area (Å²) >= 11 is 0. The van der Waals surface area contributed by atoms with Crippen LogP contribution >= 0.6 is 0 Å². The Morgan fingerprint density at radius 1 is 1.04 bits per heavy atom. The number of hydrogen-bond acceptors (Lipinski definition) is 5. The Morgan fingerprint density at radius 3 is 2.38 bits per heavy atom. The molecule has 128 valence electrons. The molecule has 1 saturated heterocycles. The van der Waals surface area contributed by atoms with Crippen LogP contribution in [0.15, 0.2) is 58.6 Å². The van der Waals surface area contributed by atoms with Crippen molar-refractivity contribution in [3.05, 3.63) is 65.5 Å². The number of hydrogen-bond donors (Lipinski definition) is 0. The monoisotopic (exact) mass is 367 g/mol. The average molecular weight is 367 g/mol. The van der Waals surface area contributed by atoms with Crippen molar-refractivity contribution in [2.24, 2.45) is 0 Å². The van der Waals surface area contributed by atoms with Gasteiger partial charge in [-0.3, -0.25) is 0 Å². The Hall–Kier alpha value is -1.90. The van der Waals surface area contributed by atoms with Crippen LogP contribution < -0.4 is 0 Å². The van der Waals surface area contributed by atoms with Gasteiger partial charge in [0, 0.05) is 18.5 Å². The molecule has 0 bridgehead atoms. The van der Waals surface area contributed by atoms with E-state index in [1.54, 1.807) is 24.3 Å². The molecule has 24 heavy (non-hydrogen) atoms. The molecular weight excluding hydrogens is 350 g/mol. The molecule has 3 rings (SSSR count). The molecule has 0 saturated carbocycles. The second-order valence-corrected chi connectivity index (χ2v) is 9.68. The summed E-state index contributed by atoms with van der Waals surface area (Å²) in [5.74, 6) is 0.151. The van der Waals surface area contributed by atoms with Gasteiger partial charge < -0.3 is 4.42 Å². The van der Waals surface area contributed by atoms with Gasteiger partial charge in [-0.15, -0.1) is 0 Å². The number of sulfone groups is 1. The molecule has 0 N–H and O–H groups in total. The Balaban J connectivity index is 1.62. The van der Waals surface area contributed by atoms with Crippen molar-refractivity contribution in [3.8, 4) is 0 Å². The second kappa shape index (κ2) is 6.54. The van der Waals surface area contributed by atoms with E-state index in [4.69, 9.17) is 4.42 Å². The number of furan rings is 1. The zero-order chi connectivity index (χ0) is 17.2. The van der Waals surface area contributed by atoms with Crippen LogP contribution in [0.2, 0.25) is 0 Å². The fourth-order valence-corrected chi connectivity index (χ4v) is 5.44. The van der Waals surface area contributed by atoms with Crippen LogP contribution in [0.25, 0.3) is 6.08 Å². The van der Waals surface area contributed by atoms with Crippen LogP contribution in [0.4, 0.5) is 0 Å². The topological polar surface area (TPSA) is 84.7 Å². The van der Waals surface area contributed by atoms with Crippen molar-refractivity contribution < 1.29 is 21.3 Å². The van der Waals surface area contributed by atoms with Gasteiger partial charge in [0.2, 0.25) is 10.0 Å². The van der Waals surface area contributed by atoms with E-state index in [1.165, 1.54) is 12.3 Å². The molecule has 0 spiro atoms. The Labute approximate surface area is 141 Å². The molecule has 0 unspecified atom stereocenters. The molecule has 0 amide bonds. The summed E-state index contributed by atoms with van der Waals surface area (Å²) < 4.78 is 55.1. The van der Waals surface area contributed by atoms with Crippen molar-refractivity contribution >= 4 is 25.9 Å². The third-order valence-electron chi connectivity index (χ3n) is 3.84. The first-order chi connectivity index (χ1) is 11.4. The normalized spacial score (nSPS) is 17.2. The Kier molecular flexibility index (Phi) is 4.62. The first kappa shape index (κ1) is 16.9. The summed E-state index contributed by atoms with van der Waals surface area (Å²) in [4.78, 5) is 0. The lowest BCUT2D eigenvalue weighted by atomic mass is 10.2. The van der Waals surface area contributed by atoms with E-state index in [1.807, 2.05) is 18.2 Å². The maximum Gasteiger partial charge on any atom is 0.236 e. The molecule has 2 heterocycles. The summed E-state index contributed by atoms with van der Waals surface area (Å²) in [6.07, 6.45) is 2.91. The lowest BCUT2D eigenvalue weighted by molar-refractivity contribution is 0.313. The van der Waals surface area contributed by atoms with E-state index in [-0.39, 0.29) is 18.8 Å². The van der Waals surface area contributed by atoms with E-state index < -0.39 is 25.1 Å². The lowest BCUT2D eigenvalue weighted by Crippen LogP contribution is -2.56. The highest BCUT2D eigenvalue weighted by atomic mass is 32.2. The maximum atomic E-state index is 12.2. The molecular formula is C16H17NO5S2. The van der Waals surface area contributed by atoms with Crippen LogP contribution in [0.1, 0.15) is 11.3 Å². The number of benzene rings is 1. The van der Waals surface area contributed by atoms with E-state index in [0.29, 0.717) is 5.76 Å². The number of rotatable bonds is 6. The number of nitrogens with zero attached hydrogens (tertiary/aromatic N) is 1. The third kappa shape index (κ3) is 3.77. The highest BCUT2D eigenvalue weighted by Gasteiger charge is 2.42. The third-order valence-corrected chi connectivity index (χ3v) is 7.34. The predicted molar refractivity (Wildman–Crippen MR) is 91.1 cm³/mol. The zero-order valence-electron chi connectivity index (χ0n) is 12.8. The summed E-state index contributed by atoms with van der Waals surface area (Å²) in [6, 6.07) is 12.3. The van der Waals surface area contributed by atoms with E-state index in [0.717, 1.165) is 15.3 Å². The van der Waals surface area contributed by atoms with Gasteiger partial charge in [0.1, 0.15) is 11.5 Å². The average Bonchev–Trinajstić information content (AvgIpc) is 2.96. The van der Waals surface area contributed by atoms with E-state index in [9.17, 15) is 16.8 Å². The summed E-state index contributed by atoms with van der Waals surface area (Å²) in [6.45, 7) is -0.0466. The SMILES string of the molecule is O=S(=O)(Cc1ccco1)C1CN(S(=O)(=O)C=Cc2ccccc2)C1. The minimum Gasteiger partial charge on any atom is -0.468 e. The minimum absolute atomic E-state index is 0.0233. The quantitative estimate of drug-likeness (QED) is 0.778. The van der Waals surface area contributed by atoms with E-state index >= 15 is 0 Å². The highest BCUT2D eigenvalue weighted by Crippen LogP contribution is 2.24. The minimum atomic E-state index is -3.61. The van der Waals surface area contributed by atoms with Gasteiger partial charge in [-0.25, -0.2) is 16.8 Å². The Morgan fingerprint density at radius 2 is 1.75 bits per heavy atom. The van der Waals surface area contributed by atoms with Gasteiger partial charge in [-0.1, -0.05) is 30.3 Å². The smallest absolute Gasteiger partial charge is 0.236 e. The van der Waals surface area contributed by atoms with E-state index in [2.05, 4.69) is 0 Å². The molecule has 1 fully saturated rings. The first-order valence-electron chi connectivity index (χ1n) is 7.34. The van der Waals surface area contributed by atoms with Crippen LogP contribution in [0.3, 0.4) is 0 Å². The standard InChI is InChI=1S/C16H17NO5S2/c18-23(19,13-15-7-4-9-22-15)16-11-17(12-16)24(20,21)10-8-14-5-2-1-3-6-14/h1-10,16H,11-13H2. The molecule has 0 atom stereocenters. The van der Waals surface area contributed by atoms with Gasteiger partial charge in [-0.05, 0) is 23.8 Å². The van der Waals surface area contributed by atoms with Crippen LogP contribution in [0.5, 0.6) is 0 Å². The fraction of sp³-hybridized carbons (Fsp3) is 0.250. The molecule has 1 aromatic heterocycles. The summed E-state index contributed by atoms with van der Waals surface area (Å²) in [5.41, 5.74) is 0.767. The van der Waals surface area contributed by atoms with Gasteiger partial charge in [0.25, 0.3) is 0 Å². The molecule has 1 aliphatic heterocycles. The van der Waals surface area contributed by atoms with Crippen LogP contribution in [0, 0.1) is 0 Å². The fourth-order valence-electron chi connectivity index (χ4n) is 2.36. The maximum absolute atomic E-state index is 12.2. The van der Waals surface area contributed by atoms with Gasteiger partial charge >= 0.3 is 0 Å². The molecule has 0 radical (unpaired) electrons. The Bertz CT molecular complexity index is 910. The van der Waals surface area contributed by atoms with Gasteiger partial charge in [-0.2, -0.15) is 4.31 Å². The molecule has 0 aliphatic carbocycles. The molecule has 1 aliphatic rings. The highest BCUT2D eigenvalue weighted by molar-refractivity contribution is 7.93. The lowest BCUT2D eigenvalue weighted by Gasteiger charge is -2.36. The van der Waals surface area contributed by atoms with Gasteiger partial charge in [0.15, 0.2) is 9.84 Å². The molecule has 6 nitrogen and oxygen atoms in total. The first-order valence-corrected chi connectivity index (χ1v) is 10.6. The predicted octanol–water partition coefficient (Wildman–Crippen LogP) is 1.88. The van der Waals surface area contributed by atoms with Crippen molar-refractivity contribution in [1.29, 1.82) is 0 Å². The largest absolute Gasteiger partial charge is 0.468 e. The van der Waals surface area contributed by atoms with Crippen LogP contribution in [-0.2, 0) is 25.6 Å².